The highest BCUT2D eigenvalue weighted by molar-refractivity contribution is 4.84. The standard InChI is InChI=1S/C10H19N3O/c1-7(2)8(3)11-6-5-10-12-9(4)14-13-10/h7-8,11H,5-6H2,1-4H3. The van der Waals surface area contributed by atoms with Crippen LogP contribution in [0.4, 0.5) is 0 Å². The lowest BCUT2D eigenvalue weighted by Crippen LogP contribution is -2.32. The molecule has 1 atom stereocenters. The SMILES string of the molecule is Cc1nc(CCNC(C)C(C)C)no1. The van der Waals surface area contributed by atoms with Gasteiger partial charge < -0.3 is 9.84 Å². The maximum Gasteiger partial charge on any atom is 0.223 e. The van der Waals surface area contributed by atoms with Gasteiger partial charge in [0.1, 0.15) is 0 Å². The molecule has 0 aliphatic rings. The van der Waals surface area contributed by atoms with E-state index >= 15 is 0 Å². The second-order valence-corrected chi connectivity index (χ2v) is 3.97. The third kappa shape index (κ3) is 3.46. The molecule has 1 aromatic rings. The molecule has 4 nitrogen and oxygen atoms in total. The van der Waals surface area contributed by atoms with Crippen molar-refractivity contribution in [3.05, 3.63) is 11.7 Å². The van der Waals surface area contributed by atoms with Crippen molar-refractivity contribution in [3.63, 3.8) is 0 Å². The van der Waals surface area contributed by atoms with Gasteiger partial charge in [-0.05, 0) is 12.8 Å². The van der Waals surface area contributed by atoms with Gasteiger partial charge in [0.05, 0.1) is 0 Å². The normalized spacial score (nSPS) is 13.5. The zero-order valence-electron chi connectivity index (χ0n) is 9.37. The monoisotopic (exact) mass is 197 g/mol. The molecule has 0 bridgehead atoms. The molecule has 1 N–H and O–H groups in total. The summed E-state index contributed by atoms with van der Waals surface area (Å²) < 4.78 is 4.88. The Labute approximate surface area is 85.1 Å². The lowest BCUT2D eigenvalue weighted by molar-refractivity contribution is 0.384. The van der Waals surface area contributed by atoms with E-state index < -0.39 is 0 Å². The van der Waals surface area contributed by atoms with E-state index in [1.54, 1.807) is 6.92 Å². The molecule has 0 aromatic carbocycles. The summed E-state index contributed by atoms with van der Waals surface area (Å²) in [5.41, 5.74) is 0. The zero-order chi connectivity index (χ0) is 10.6. The molecule has 1 unspecified atom stereocenters. The molecule has 0 fully saturated rings. The molecule has 0 radical (unpaired) electrons. The highest BCUT2D eigenvalue weighted by atomic mass is 16.5. The lowest BCUT2D eigenvalue weighted by Gasteiger charge is -2.16. The highest BCUT2D eigenvalue weighted by Crippen LogP contribution is 2.00. The molecule has 0 saturated carbocycles. The number of aromatic nitrogens is 2. The van der Waals surface area contributed by atoms with Crippen LogP contribution in [0.3, 0.4) is 0 Å². The van der Waals surface area contributed by atoms with Crippen LogP contribution in [0.25, 0.3) is 0 Å². The fraction of sp³-hybridized carbons (Fsp3) is 0.800. The number of rotatable bonds is 5. The zero-order valence-corrected chi connectivity index (χ0v) is 9.37. The number of hydrogen-bond donors (Lipinski definition) is 1. The molecule has 0 saturated heterocycles. The van der Waals surface area contributed by atoms with Gasteiger partial charge in [0, 0.05) is 25.9 Å². The average Bonchev–Trinajstić information content (AvgIpc) is 2.51. The van der Waals surface area contributed by atoms with Crippen molar-refractivity contribution in [1.82, 2.24) is 15.5 Å². The van der Waals surface area contributed by atoms with Gasteiger partial charge in [-0.1, -0.05) is 19.0 Å². The summed E-state index contributed by atoms with van der Waals surface area (Å²) in [7, 11) is 0. The molecule has 0 spiro atoms. The molecule has 4 heteroatoms. The number of nitrogens with zero attached hydrogens (tertiary/aromatic N) is 2. The Morgan fingerprint density at radius 1 is 1.36 bits per heavy atom. The fourth-order valence-corrected chi connectivity index (χ4v) is 1.09. The van der Waals surface area contributed by atoms with E-state index in [1.807, 2.05) is 0 Å². The van der Waals surface area contributed by atoms with Crippen molar-refractivity contribution in [2.24, 2.45) is 5.92 Å². The summed E-state index contributed by atoms with van der Waals surface area (Å²) in [6, 6.07) is 0.531. The van der Waals surface area contributed by atoms with E-state index in [0.717, 1.165) is 18.8 Å². The first-order valence-corrected chi connectivity index (χ1v) is 5.12. The van der Waals surface area contributed by atoms with Gasteiger partial charge in [-0.3, -0.25) is 0 Å². The molecule has 0 amide bonds. The van der Waals surface area contributed by atoms with E-state index in [2.05, 4.69) is 36.2 Å². The Kier molecular flexibility index (Phi) is 4.07. The van der Waals surface area contributed by atoms with Crippen molar-refractivity contribution in [2.75, 3.05) is 6.54 Å². The Hall–Kier alpha value is -0.900. The van der Waals surface area contributed by atoms with Crippen molar-refractivity contribution >= 4 is 0 Å². The first-order chi connectivity index (χ1) is 6.59. The van der Waals surface area contributed by atoms with Gasteiger partial charge in [-0.2, -0.15) is 4.98 Å². The van der Waals surface area contributed by atoms with E-state index in [9.17, 15) is 0 Å². The third-order valence-corrected chi connectivity index (χ3v) is 2.38. The maximum atomic E-state index is 4.88. The number of hydrogen-bond acceptors (Lipinski definition) is 4. The Bertz CT molecular complexity index is 270. The van der Waals surface area contributed by atoms with Gasteiger partial charge in [-0.25, -0.2) is 0 Å². The van der Waals surface area contributed by atoms with Gasteiger partial charge >= 0.3 is 0 Å². The summed E-state index contributed by atoms with van der Waals surface area (Å²) in [6.07, 6.45) is 0.828. The minimum Gasteiger partial charge on any atom is -0.340 e. The minimum atomic E-state index is 0.531. The van der Waals surface area contributed by atoms with Gasteiger partial charge in [0.15, 0.2) is 5.82 Å². The highest BCUT2D eigenvalue weighted by Gasteiger charge is 2.06. The Morgan fingerprint density at radius 3 is 2.57 bits per heavy atom. The first kappa shape index (κ1) is 11.2. The molecule has 1 heterocycles. The predicted molar refractivity (Wildman–Crippen MR) is 55.0 cm³/mol. The quantitative estimate of drug-likeness (QED) is 0.778. The van der Waals surface area contributed by atoms with E-state index in [1.165, 1.54) is 0 Å². The molecule has 0 aliphatic heterocycles. The van der Waals surface area contributed by atoms with Crippen LogP contribution in [0.15, 0.2) is 4.52 Å². The molecule has 1 aromatic heterocycles. The second kappa shape index (κ2) is 5.10. The van der Waals surface area contributed by atoms with Gasteiger partial charge in [0.25, 0.3) is 0 Å². The number of nitrogens with one attached hydrogen (secondary N) is 1. The molecule has 1 rings (SSSR count). The van der Waals surface area contributed by atoms with Crippen LogP contribution in [0, 0.1) is 12.8 Å². The molecule has 14 heavy (non-hydrogen) atoms. The van der Waals surface area contributed by atoms with Crippen molar-refractivity contribution in [3.8, 4) is 0 Å². The summed E-state index contributed by atoms with van der Waals surface area (Å²) in [5, 5.41) is 7.25. The van der Waals surface area contributed by atoms with Crippen LogP contribution in [-0.2, 0) is 6.42 Å². The van der Waals surface area contributed by atoms with E-state index in [-0.39, 0.29) is 0 Å². The molecule has 80 valence electrons. The molecule has 0 aliphatic carbocycles. The van der Waals surface area contributed by atoms with Crippen LogP contribution in [0.1, 0.15) is 32.5 Å². The summed E-state index contributed by atoms with van der Waals surface area (Å²) in [4.78, 5) is 4.13. The lowest BCUT2D eigenvalue weighted by atomic mass is 10.1. The van der Waals surface area contributed by atoms with Gasteiger partial charge in [0.2, 0.25) is 5.89 Å². The van der Waals surface area contributed by atoms with Crippen molar-refractivity contribution in [2.45, 2.75) is 40.2 Å². The fourth-order valence-electron chi connectivity index (χ4n) is 1.09. The first-order valence-electron chi connectivity index (χ1n) is 5.12. The largest absolute Gasteiger partial charge is 0.340 e. The second-order valence-electron chi connectivity index (χ2n) is 3.97. The molecular formula is C10H19N3O. The molecular weight excluding hydrogens is 178 g/mol. The van der Waals surface area contributed by atoms with Crippen LogP contribution in [0.2, 0.25) is 0 Å². The van der Waals surface area contributed by atoms with Crippen molar-refractivity contribution < 1.29 is 4.52 Å². The van der Waals surface area contributed by atoms with Crippen LogP contribution < -0.4 is 5.32 Å². The van der Waals surface area contributed by atoms with Gasteiger partial charge in [-0.15, -0.1) is 0 Å². The Morgan fingerprint density at radius 2 is 2.07 bits per heavy atom. The van der Waals surface area contributed by atoms with E-state index in [4.69, 9.17) is 4.52 Å². The maximum absolute atomic E-state index is 4.88. The van der Waals surface area contributed by atoms with Crippen molar-refractivity contribution in [1.29, 1.82) is 0 Å². The van der Waals surface area contributed by atoms with Crippen LogP contribution in [0.5, 0.6) is 0 Å². The van der Waals surface area contributed by atoms with Crippen LogP contribution >= 0.6 is 0 Å². The average molecular weight is 197 g/mol. The topological polar surface area (TPSA) is 51.0 Å². The summed E-state index contributed by atoms with van der Waals surface area (Å²) in [6.45, 7) is 9.30. The van der Waals surface area contributed by atoms with Crippen LogP contribution in [-0.4, -0.2) is 22.7 Å². The summed E-state index contributed by atoms with van der Waals surface area (Å²) in [5.74, 6) is 2.07. The third-order valence-electron chi connectivity index (χ3n) is 2.38. The smallest absolute Gasteiger partial charge is 0.223 e. The predicted octanol–water partition coefficient (Wildman–Crippen LogP) is 1.55. The van der Waals surface area contributed by atoms with E-state index in [0.29, 0.717) is 17.9 Å². The minimum absolute atomic E-state index is 0.531. The Balaban J connectivity index is 2.22. The number of aryl methyl sites for hydroxylation is 1. The summed E-state index contributed by atoms with van der Waals surface area (Å²) >= 11 is 0.